The molecule has 0 aliphatic rings. The number of para-hydroxylation sites is 1. The molecule has 0 aliphatic heterocycles. The fourth-order valence-electron chi connectivity index (χ4n) is 2.13. The summed E-state index contributed by atoms with van der Waals surface area (Å²) in [4.78, 5) is 4.31. The van der Waals surface area contributed by atoms with E-state index in [9.17, 15) is 5.11 Å². The predicted octanol–water partition coefficient (Wildman–Crippen LogP) is 3.36. The summed E-state index contributed by atoms with van der Waals surface area (Å²) >= 11 is 0. The number of rotatable bonds is 4. The van der Waals surface area contributed by atoms with Gasteiger partial charge in [0.15, 0.2) is 5.76 Å². The highest BCUT2D eigenvalue weighted by Gasteiger charge is 2.22. The third kappa shape index (κ3) is 2.20. The minimum Gasteiger partial charge on any atom is -0.453 e. The van der Waals surface area contributed by atoms with Crippen molar-refractivity contribution < 1.29 is 14.0 Å². The van der Waals surface area contributed by atoms with Crippen molar-refractivity contribution in [1.29, 1.82) is 0 Å². The third-order valence-electron chi connectivity index (χ3n) is 3.47. The van der Waals surface area contributed by atoms with Crippen molar-refractivity contribution in [3.8, 4) is 11.6 Å². The summed E-state index contributed by atoms with van der Waals surface area (Å²) in [6.07, 6.45) is 0.155. The summed E-state index contributed by atoms with van der Waals surface area (Å²) in [5.41, 5.74) is 0.787. The van der Waals surface area contributed by atoms with Crippen molar-refractivity contribution in [2.75, 3.05) is 0 Å². The summed E-state index contributed by atoms with van der Waals surface area (Å²) in [7, 11) is 0. The largest absolute Gasteiger partial charge is 0.453 e. The molecule has 0 fully saturated rings. The minimum absolute atomic E-state index is 0.189. The van der Waals surface area contributed by atoms with Crippen LogP contribution in [0.25, 0.3) is 22.6 Å². The normalized spacial score (nSPS) is 14.6. The van der Waals surface area contributed by atoms with E-state index in [0.717, 1.165) is 11.0 Å². The number of hydrogen-bond acceptors (Lipinski definition) is 5. The molecule has 104 valence electrons. The van der Waals surface area contributed by atoms with Gasteiger partial charge >= 0.3 is 0 Å². The molecule has 3 aromatic rings. The molecular weight excluding hydrogens is 256 g/mol. The van der Waals surface area contributed by atoms with Gasteiger partial charge in [-0.05, 0) is 18.6 Å². The molecule has 0 spiro atoms. The van der Waals surface area contributed by atoms with Crippen LogP contribution in [0.5, 0.6) is 0 Å². The van der Waals surface area contributed by atoms with Gasteiger partial charge in [-0.15, -0.1) is 0 Å². The predicted molar refractivity (Wildman–Crippen MR) is 74.2 cm³/mol. The molecule has 1 N–H and O–H groups in total. The average Bonchev–Trinajstić information content (AvgIpc) is 3.11. The molecule has 0 radical (unpaired) electrons. The van der Waals surface area contributed by atoms with Crippen LogP contribution in [-0.2, 0) is 0 Å². The van der Waals surface area contributed by atoms with Gasteiger partial charge in [-0.2, -0.15) is 4.98 Å². The van der Waals surface area contributed by atoms with E-state index in [2.05, 4.69) is 10.1 Å². The molecule has 2 aromatic heterocycles. The van der Waals surface area contributed by atoms with E-state index >= 15 is 0 Å². The van der Waals surface area contributed by atoms with E-state index in [1.807, 2.05) is 44.2 Å². The minimum atomic E-state index is -0.487. The van der Waals surface area contributed by atoms with Gasteiger partial charge in [0.05, 0.1) is 12.0 Å². The molecule has 0 bridgehead atoms. The number of aliphatic hydroxyl groups excluding tert-OH is 1. The Morgan fingerprint density at radius 3 is 2.85 bits per heavy atom. The van der Waals surface area contributed by atoms with Gasteiger partial charge < -0.3 is 14.0 Å². The monoisotopic (exact) mass is 272 g/mol. The second kappa shape index (κ2) is 5.09. The molecule has 0 aliphatic carbocycles. The lowest BCUT2D eigenvalue weighted by atomic mass is 10.0. The van der Waals surface area contributed by atoms with E-state index in [0.29, 0.717) is 23.9 Å². The fourth-order valence-corrected chi connectivity index (χ4v) is 2.13. The first kappa shape index (κ1) is 12.9. The van der Waals surface area contributed by atoms with Gasteiger partial charge in [-0.25, -0.2) is 0 Å². The first-order chi connectivity index (χ1) is 9.69. The molecule has 3 rings (SSSR count). The SMILES string of the molecule is CCC(O)C(C)c1nc(-c2cc3ccccc3o2)no1. The molecule has 0 saturated heterocycles. The second-order valence-corrected chi connectivity index (χ2v) is 4.87. The lowest BCUT2D eigenvalue weighted by molar-refractivity contribution is 0.129. The average molecular weight is 272 g/mol. The summed E-state index contributed by atoms with van der Waals surface area (Å²) < 4.78 is 10.9. The van der Waals surface area contributed by atoms with Crippen molar-refractivity contribution >= 4 is 11.0 Å². The van der Waals surface area contributed by atoms with E-state index in [1.54, 1.807) is 0 Å². The van der Waals surface area contributed by atoms with E-state index < -0.39 is 6.10 Å². The Balaban J connectivity index is 1.93. The van der Waals surface area contributed by atoms with Gasteiger partial charge in [-0.1, -0.05) is 37.2 Å². The topological polar surface area (TPSA) is 72.3 Å². The summed E-state index contributed by atoms with van der Waals surface area (Å²) in [5.74, 6) is 1.21. The molecule has 0 saturated carbocycles. The van der Waals surface area contributed by atoms with Crippen molar-refractivity contribution in [2.45, 2.75) is 32.3 Å². The number of aromatic nitrogens is 2. The van der Waals surface area contributed by atoms with Crippen LogP contribution < -0.4 is 0 Å². The zero-order chi connectivity index (χ0) is 14.1. The van der Waals surface area contributed by atoms with Gasteiger partial charge in [0.25, 0.3) is 0 Å². The highest BCUT2D eigenvalue weighted by atomic mass is 16.5. The summed E-state index contributed by atoms with van der Waals surface area (Å²) in [5, 5.41) is 14.7. The lowest BCUT2D eigenvalue weighted by Gasteiger charge is -2.11. The van der Waals surface area contributed by atoms with Crippen LogP contribution in [0.1, 0.15) is 32.1 Å². The quantitative estimate of drug-likeness (QED) is 0.788. The Bertz CT molecular complexity index is 684. The molecule has 0 amide bonds. The molecule has 2 heterocycles. The Labute approximate surface area is 116 Å². The number of aliphatic hydroxyl groups is 1. The Kier molecular flexibility index (Phi) is 3.28. The maximum Gasteiger partial charge on any atom is 0.238 e. The second-order valence-electron chi connectivity index (χ2n) is 4.87. The summed E-state index contributed by atoms with van der Waals surface area (Å²) in [6, 6.07) is 9.60. The van der Waals surface area contributed by atoms with Crippen LogP contribution in [0.4, 0.5) is 0 Å². The van der Waals surface area contributed by atoms with Crippen LogP contribution in [0, 0.1) is 0 Å². The zero-order valence-electron chi connectivity index (χ0n) is 11.4. The number of furan rings is 1. The Hall–Kier alpha value is -2.14. The smallest absolute Gasteiger partial charge is 0.238 e. The lowest BCUT2D eigenvalue weighted by Crippen LogP contribution is -2.14. The van der Waals surface area contributed by atoms with E-state index in [-0.39, 0.29) is 5.92 Å². The third-order valence-corrected chi connectivity index (χ3v) is 3.47. The standard InChI is InChI=1S/C15H16N2O3/c1-3-11(18)9(2)15-16-14(17-20-15)13-8-10-6-4-5-7-12(10)19-13/h4-9,11,18H,3H2,1-2H3. The zero-order valence-corrected chi connectivity index (χ0v) is 11.4. The Morgan fingerprint density at radius 1 is 1.30 bits per heavy atom. The molecule has 2 unspecified atom stereocenters. The van der Waals surface area contributed by atoms with E-state index in [1.165, 1.54) is 0 Å². The molecule has 2 atom stereocenters. The number of nitrogens with zero attached hydrogens (tertiary/aromatic N) is 2. The van der Waals surface area contributed by atoms with Crippen LogP contribution >= 0.6 is 0 Å². The van der Waals surface area contributed by atoms with Gasteiger partial charge in [0.1, 0.15) is 5.58 Å². The molecular formula is C15H16N2O3. The molecule has 5 heteroatoms. The Morgan fingerprint density at radius 2 is 2.10 bits per heavy atom. The van der Waals surface area contributed by atoms with Gasteiger partial charge in [0, 0.05) is 5.39 Å². The van der Waals surface area contributed by atoms with Crippen LogP contribution in [0.3, 0.4) is 0 Å². The molecule has 20 heavy (non-hydrogen) atoms. The fraction of sp³-hybridized carbons (Fsp3) is 0.333. The van der Waals surface area contributed by atoms with Gasteiger partial charge in [0.2, 0.25) is 11.7 Å². The highest BCUT2D eigenvalue weighted by Crippen LogP contribution is 2.27. The van der Waals surface area contributed by atoms with Gasteiger partial charge in [-0.3, -0.25) is 0 Å². The van der Waals surface area contributed by atoms with Crippen LogP contribution in [0.15, 0.2) is 39.3 Å². The number of benzene rings is 1. The van der Waals surface area contributed by atoms with Crippen molar-refractivity contribution in [2.24, 2.45) is 0 Å². The van der Waals surface area contributed by atoms with Crippen LogP contribution in [-0.4, -0.2) is 21.4 Å². The maximum atomic E-state index is 9.82. The van der Waals surface area contributed by atoms with Crippen LogP contribution in [0.2, 0.25) is 0 Å². The van der Waals surface area contributed by atoms with Crippen molar-refractivity contribution in [3.05, 3.63) is 36.2 Å². The maximum absolute atomic E-state index is 9.82. The number of fused-ring (bicyclic) bond motifs is 1. The molecule has 5 nitrogen and oxygen atoms in total. The van der Waals surface area contributed by atoms with Crippen molar-refractivity contribution in [3.63, 3.8) is 0 Å². The number of hydrogen-bond donors (Lipinski definition) is 1. The van der Waals surface area contributed by atoms with E-state index in [4.69, 9.17) is 8.94 Å². The highest BCUT2D eigenvalue weighted by molar-refractivity contribution is 5.81. The van der Waals surface area contributed by atoms with Crippen molar-refractivity contribution in [1.82, 2.24) is 10.1 Å². The molecule has 1 aromatic carbocycles. The summed E-state index contributed by atoms with van der Waals surface area (Å²) in [6.45, 7) is 3.78. The first-order valence-corrected chi connectivity index (χ1v) is 6.69. The first-order valence-electron chi connectivity index (χ1n) is 6.69.